The Balaban J connectivity index is 1.79. The van der Waals surface area contributed by atoms with E-state index < -0.39 is 11.8 Å². The van der Waals surface area contributed by atoms with Crippen LogP contribution in [0.1, 0.15) is 38.8 Å². The van der Waals surface area contributed by atoms with Crippen LogP contribution in [0.2, 0.25) is 10.0 Å². The minimum Gasteiger partial charge on any atom is -0.363 e. The SMILES string of the molecule is CCN1c2cc(Cl)c(/C=C3/C(=O)NC(=S)N(c4ccc(Cl)cc4)C3=O)cc2C(C)=CC1(C)C. The molecule has 0 aromatic heterocycles. The number of likely N-dealkylation sites (N-methyl/N-ethyl adjacent to an activating group) is 1. The largest absolute Gasteiger partial charge is 0.363 e. The van der Waals surface area contributed by atoms with Gasteiger partial charge in [0.05, 0.1) is 11.2 Å². The van der Waals surface area contributed by atoms with Crippen molar-refractivity contribution in [2.75, 3.05) is 16.3 Å². The van der Waals surface area contributed by atoms with E-state index in [1.54, 1.807) is 24.3 Å². The predicted octanol–water partition coefficient (Wildman–Crippen LogP) is 5.85. The van der Waals surface area contributed by atoms with Crippen LogP contribution < -0.4 is 15.1 Å². The van der Waals surface area contributed by atoms with Crippen molar-refractivity contribution in [1.29, 1.82) is 0 Å². The zero-order valence-corrected chi connectivity index (χ0v) is 21.0. The molecule has 0 bridgehead atoms. The first-order valence-electron chi connectivity index (χ1n) is 10.5. The fourth-order valence-corrected chi connectivity index (χ4v) is 5.06. The first kappa shape index (κ1) is 23.5. The number of nitrogens with zero attached hydrogens (tertiary/aromatic N) is 2. The van der Waals surface area contributed by atoms with E-state index in [0.717, 1.165) is 23.4 Å². The van der Waals surface area contributed by atoms with E-state index in [9.17, 15) is 9.59 Å². The summed E-state index contributed by atoms with van der Waals surface area (Å²) in [5.74, 6) is -1.09. The molecular weight excluding hydrogens is 477 g/mol. The van der Waals surface area contributed by atoms with E-state index >= 15 is 0 Å². The van der Waals surface area contributed by atoms with Crippen molar-refractivity contribution in [2.45, 2.75) is 33.2 Å². The number of carbonyl (C=O) groups excluding carboxylic acids is 2. The van der Waals surface area contributed by atoms with Gasteiger partial charge in [-0.15, -0.1) is 0 Å². The second-order valence-corrected chi connectivity index (χ2v) is 9.78. The van der Waals surface area contributed by atoms with Gasteiger partial charge in [-0.05, 0) is 93.5 Å². The number of fused-ring (bicyclic) bond motifs is 1. The molecule has 1 fully saturated rings. The molecule has 170 valence electrons. The molecule has 2 amide bonds. The van der Waals surface area contributed by atoms with E-state index in [2.05, 4.69) is 44.0 Å². The standard InChI is InChI=1S/C25H23Cl2N3O2S/c1-5-29-21-12-20(27)15(10-18(21)14(2)13-25(29,3)4)11-19-22(31)28-24(33)30(23(19)32)17-8-6-16(26)7-9-17/h6-13H,5H2,1-4H3,(H,28,31,33)/b19-11-. The minimum atomic E-state index is -0.562. The molecule has 4 rings (SSSR count). The molecule has 2 aliphatic heterocycles. The van der Waals surface area contributed by atoms with Gasteiger partial charge in [0.1, 0.15) is 5.57 Å². The molecule has 0 aliphatic carbocycles. The number of carbonyl (C=O) groups is 2. The highest BCUT2D eigenvalue weighted by Gasteiger charge is 2.35. The molecule has 0 unspecified atom stereocenters. The number of hydrogen-bond acceptors (Lipinski definition) is 4. The summed E-state index contributed by atoms with van der Waals surface area (Å²) in [6.07, 6.45) is 3.73. The molecular formula is C25H23Cl2N3O2S. The summed E-state index contributed by atoms with van der Waals surface area (Å²) in [4.78, 5) is 29.5. The van der Waals surface area contributed by atoms with Crippen LogP contribution in [0.5, 0.6) is 0 Å². The topological polar surface area (TPSA) is 52.7 Å². The van der Waals surface area contributed by atoms with E-state index in [0.29, 0.717) is 21.3 Å². The monoisotopic (exact) mass is 499 g/mol. The number of allylic oxidation sites excluding steroid dienone is 1. The number of benzene rings is 2. The Kier molecular flexibility index (Phi) is 6.12. The van der Waals surface area contributed by atoms with Crippen LogP contribution in [0.4, 0.5) is 11.4 Å². The third-order valence-corrected chi connectivity index (χ3v) is 6.76. The maximum absolute atomic E-state index is 13.3. The van der Waals surface area contributed by atoms with Crippen LogP contribution in [0.25, 0.3) is 11.6 Å². The van der Waals surface area contributed by atoms with Gasteiger partial charge in [-0.1, -0.05) is 29.3 Å². The molecule has 2 aliphatic rings. The lowest BCUT2D eigenvalue weighted by Crippen LogP contribution is -2.54. The second-order valence-electron chi connectivity index (χ2n) is 8.55. The summed E-state index contributed by atoms with van der Waals surface area (Å²) in [6.45, 7) is 9.29. The quantitative estimate of drug-likeness (QED) is 0.327. The molecule has 2 aromatic carbocycles. The van der Waals surface area contributed by atoms with Crippen LogP contribution in [0, 0.1) is 0 Å². The zero-order chi connectivity index (χ0) is 24.1. The molecule has 33 heavy (non-hydrogen) atoms. The van der Waals surface area contributed by atoms with Crippen LogP contribution in [-0.2, 0) is 9.59 Å². The average molecular weight is 500 g/mol. The average Bonchev–Trinajstić information content (AvgIpc) is 2.72. The third kappa shape index (κ3) is 4.19. The van der Waals surface area contributed by atoms with E-state index in [4.69, 9.17) is 35.4 Å². The van der Waals surface area contributed by atoms with Gasteiger partial charge in [-0.3, -0.25) is 19.8 Å². The number of amides is 2. The van der Waals surface area contributed by atoms with Crippen LogP contribution in [-0.4, -0.2) is 29.0 Å². The van der Waals surface area contributed by atoms with Crippen LogP contribution >= 0.6 is 35.4 Å². The summed E-state index contributed by atoms with van der Waals surface area (Å²) in [5.41, 5.74) is 4.05. The lowest BCUT2D eigenvalue weighted by Gasteiger charge is -2.43. The number of hydrogen-bond donors (Lipinski definition) is 1. The predicted molar refractivity (Wildman–Crippen MR) is 140 cm³/mol. The number of rotatable bonds is 3. The molecule has 0 saturated carbocycles. The van der Waals surface area contributed by atoms with Crippen molar-refractivity contribution < 1.29 is 9.59 Å². The van der Waals surface area contributed by atoms with Gasteiger partial charge < -0.3 is 4.90 Å². The summed E-state index contributed by atoms with van der Waals surface area (Å²) >= 11 is 17.9. The number of thiocarbonyl (C=S) groups is 1. The molecule has 2 aromatic rings. The molecule has 0 spiro atoms. The van der Waals surface area contributed by atoms with Crippen molar-refractivity contribution in [3.8, 4) is 0 Å². The van der Waals surface area contributed by atoms with Crippen molar-refractivity contribution in [3.05, 3.63) is 69.2 Å². The number of halogens is 2. The Morgan fingerprint density at radius 2 is 1.79 bits per heavy atom. The van der Waals surface area contributed by atoms with Crippen molar-refractivity contribution in [3.63, 3.8) is 0 Å². The van der Waals surface area contributed by atoms with Crippen molar-refractivity contribution in [1.82, 2.24) is 5.32 Å². The first-order valence-corrected chi connectivity index (χ1v) is 11.7. The van der Waals surface area contributed by atoms with E-state index in [1.165, 1.54) is 11.0 Å². The lowest BCUT2D eigenvalue weighted by atomic mass is 9.87. The third-order valence-electron chi connectivity index (χ3n) is 5.90. The Labute approximate surface area is 208 Å². The van der Waals surface area contributed by atoms with Gasteiger partial charge >= 0.3 is 0 Å². The Hall–Kier alpha value is -2.67. The maximum Gasteiger partial charge on any atom is 0.270 e. The van der Waals surface area contributed by atoms with Gasteiger partial charge in [0, 0.05) is 27.8 Å². The Morgan fingerprint density at radius 3 is 2.42 bits per heavy atom. The smallest absolute Gasteiger partial charge is 0.270 e. The molecule has 8 heteroatoms. The summed E-state index contributed by atoms with van der Waals surface area (Å²) in [5, 5.41) is 3.59. The number of nitrogens with one attached hydrogen (secondary N) is 1. The van der Waals surface area contributed by atoms with Crippen LogP contribution in [0.3, 0.4) is 0 Å². The van der Waals surface area contributed by atoms with Gasteiger partial charge in [0.2, 0.25) is 0 Å². The summed E-state index contributed by atoms with van der Waals surface area (Å²) in [7, 11) is 0. The highest BCUT2D eigenvalue weighted by molar-refractivity contribution is 7.80. The molecule has 5 nitrogen and oxygen atoms in total. The second kappa shape index (κ2) is 8.60. The fraction of sp³-hybridized carbons (Fsp3) is 0.240. The highest BCUT2D eigenvalue weighted by Crippen LogP contribution is 2.41. The van der Waals surface area contributed by atoms with E-state index in [-0.39, 0.29) is 16.2 Å². The highest BCUT2D eigenvalue weighted by atomic mass is 35.5. The molecule has 1 N–H and O–H groups in total. The minimum absolute atomic E-state index is 0.0145. The summed E-state index contributed by atoms with van der Waals surface area (Å²) in [6, 6.07) is 10.5. The summed E-state index contributed by atoms with van der Waals surface area (Å²) < 4.78 is 0. The van der Waals surface area contributed by atoms with Gasteiger partial charge in [-0.2, -0.15) is 0 Å². The lowest BCUT2D eigenvalue weighted by molar-refractivity contribution is -0.122. The Morgan fingerprint density at radius 1 is 1.12 bits per heavy atom. The zero-order valence-electron chi connectivity index (χ0n) is 18.7. The van der Waals surface area contributed by atoms with Gasteiger partial charge in [0.25, 0.3) is 11.8 Å². The normalized spacial score (nSPS) is 18.9. The van der Waals surface area contributed by atoms with Crippen LogP contribution in [0.15, 0.2) is 48.0 Å². The molecule has 1 saturated heterocycles. The van der Waals surface area contributed by atoms with Gasteiger partial charge in [0.15, 0.2) is 5.11 Å². The Bertz CT molecular complexity index is 1250. The van der Waals surface area contributed by atoms with Crippen molar-refractivity contribution in [2.24, 2.45) is 0 Å². The molecule has 0 atom stereocenters. The first-order chi connectivity index (χ1) is 15.5. The molecule has 2 heterocycles. The van der Waals surface area contributed by atoms with E-state index in [1.807, 2.05) is 12.1 Å². The fourth-order valence-electron chi connectivity index (χ4n) is 4.44. The molecule has 0 radical (unpaired) electrons. The maximum atomic E-state index is 13.3. The van der Waals surface area contributed by atoms with Gasteiger partial charge in [-0.25, -0.2) is 0 Å². The number of anilines is 2. The van der Waals surface area contributed by atoms with Crippen molar-refractivity contribution >= 4 is 75.4 Å².